The van der Waals surface area contributed by atoms with Gasteiger partial charge >= 0.3 is 11.9 Å². The first kappa shape index (κ1) is 27.5. The minimum Gasteiger partial charge on any atom is -0.493 e. The number of rotatable bonds is 9. The lowest BCUT2D eigenvalue weighted by Gasteiger charge is -2.36. The summed E-state index contributed by atoms with van der Waals surface area (Å²) >= 11 is 1.69. The number of benzene rings is 2. The summed E-state index contributed by atoms with van der Waals surface area (Å²) in [7, 11) is 1.48. The van der Waals surface area contributed by atoms with Gasteiger partial charge < -0.3 is 19.5 Å². The zero-order chi connectivity index (χ0) is 27.2. The normalized spacial score (nSPS) is 19.0. The fourth-order valence-corrected chi connectivity index (χ4v) is 5.61. The Bertz CT molecular complexity index is 1280. The summed E-state index contributed by atoms with van der Waals surface area (Å²) in [5.74, 6) is 0.715. The molecule has 7 nitrogen and oxygen atoms in total. The Morgan fingerprint density at radius 2 is 1.82 bits per heavy atom. The molecule has 0 aromatic heterocycles. The van der Waals surface area contributed by atoms with E-state index < -0.39 is 17.9 Å². The minimum atomic E-state index is -0.637. The lowest BCUT2D eigenvalue weighted by Crippen LogP contribution is -2.36. The SMILES string of the molecule is CCSCCOC(=O)C1=C(C)NC2=C(C(=O)CC(c3ccccc3)C2)C1c1ccc(OC(C)=O)c(OC)c1. The number of dihydropyridines is 1. The molecule has 0 spiro atoms. The Kier molecular flexibility index (Phi) is 8.94. The number of hydrogen-bond acceptors (Lipinski definition) is 8. The van der Waals surface area contributed by atoms with E-state index in [1.807, 2.05) is 37.3 Å². The number of esters is 2. The monoisotopic (exact) mass is 535 g/mol. The Morgan fingerprint density at radius 1 is 1.05 bits per heavy atom. The second kappa shape index (κ2) is 12.3. The van der Waals surface area contributed by atoms with Crippen LogP contribution in [0.3, 0.4) is 0 Å². The van der Waals surface area contributed by atoms with Crippen molar-refractivity contribution in [2.45, 2.75) is 45.4 Å². The molecule has 0 radical (unpaired) electrons. The maximum Gasteiger partial charge on any atom is 0.336 e. The van der Waals surface area contributed by atoms with Gasteiger partial charge in [-0.2, -0.15) is 11.8 Å². The van der Waals surface area contributed by atoms with Crippen LogP contribution in [-0.4, -0.2) is 42.9 Å². The van der Waals surface area contributed by atoms with Gasteiger partial charge in [-0.3, -0.25) is 9.59 Å². The molecule has 2 aromatic carbocycles. The van der Waals surface area contributed by atoms with E-state index in [9.17, 15) is 14.4 Å². The molecule has 0 bridgehead atoms. The molecule has 1 N–H and O–H groups in total. The van der Waals surface area contributed by atoms with Crippen LogP contribution in [0.4, 0.5) is 0 Å². The van der Waals surface area contributed by atoms with Crippen LogP contribution in [0.5, 0.6) is 11.5 Å². The number of allylic oxidation sites excluding steroid dienone is 3. The summed E-state index contributed by atoms with van der Waals surface area (Å²) in [6.45, 7) is 5.50. The first-order valence-electron chi connectivity index (χ1n) is 12.7. The van der Waals surface area contributed by atoms with Crippen molar-refractivity contribution in [2.24, 2.45) is 0 Å². The van der Waals surface area contributed by atoms with E-state index in [4.69, 9.17) is 14.2 Å². The molecule has 1 aliphatic carbocycles. The zero-order valence-corrected chi connectivity index (χ0v) is 23.0. The van der Waals surface area contributed by atoms with Gasteiger partial charge in [0.15, 0.2) is 17.3 Å². The Labute approximate surface area is 227 Å². The number of carbonyl (C=O) groups is 3. The van der Waals surface area contributed by atoms with Crippen molar-refractivity contribution >= 4 is 29.5 Å². The highest BCUT2D eigenvalue weighted by Gasteiger charge is 2.41. The smallest absolute Gasteiger partial charge is 0.336 e. The van der Waals surface area contributed by atoms with Crippen LogP contribution in [0.15, 0.2) is 71.1 Å². The van der Waals surface area contributed by atoms with Crippen LogP contribution < -0.4 is 14.8 Å². The second-order valence-corrected chi connectivity index (χ2v) is 10.7. The highest BCUT2D eigenvalue weighted by atomic mass is 32.2. The lowest BCUT2D eigenvalue weighted by molar-refractivity contribution is -0.138. The number of carbonyl (C=O) groups excluding carboxylic acids is 3. The zero-order valence-electron chi connectivity index (χ0n) is 22.2. The summed E-state index contributed by atoms with van der Waals surface area (Å²) < 4.78 is 16.4. The van der Waals surface area contributed by atoms with E-state index in [0.29, 0.717) is 46.8 Å². The Morgan fingerprint density at radius 3 is 2.50 bits per heavy atom. The van der Waals surface area contributed by atoms with Crippen molar-refractivity contribution in [2.75, 3.05) is 25.2 Å². The van der Waals surface area contributed by atoms with Crippen molar-refractivity contribution < 1.29 is 28.6 Å². The molecule has 2 aromatic rings. The quantitative estimate of drug-likeness (QED) is 0.264. The van der Waals surface area contributed by atoms with Crippen LogP contribution in [0.1, 0.15) is 56.6 Å². The van der Waals surface area contributed by atoms with E-state index >= 15 is 0 Å². The third kappa shape index (κ3) is 5.96. The molecule has 4 rings (SSSR count). The number of ketones is 1. The molecule has 0 saturated heterocycles. The van der Waals surface area contributed by atoms with Crippen molar-refractivity contribution in [3.63, 3.8) is 0 Å². The summed E-state index contributed by atoms with van der Waals surface area (Å²) in [5, 5.41) is 3.38. The molecule has 1 aliphatic heterocycles. The Hall–Kier alpha value is -3.52. The van der Waals surface area contributed by atoms with Gasteiger partial charge in [0.1, 0.15) is 6.61 Å². The fraction of sp³-hybridized carbons (Fsp3) is 0.367. The summed E-state index contributed by atoms with van der Waals surface area (Å²) in [4.78, 5) is 38.8. The fourth-order valence-electron chi connectivity index (χ4n) is 5.12. The molecule has 1 heterocycles. The summed E-state index contributed by atoms with van der Waals surface area (Å²) in [6, 6.07) is 15.1. The molecule has 2 atom stereocenters. The lowest BCUT2D eigenvalue weighted by atomic mass is 9.71. The molecule has 38 heavy (non-hydrogen) atoms. The van der Waals surface area contributed by atoms with Gasteiger partial charge in [0.25, 0.3) is 0 Å². The molecule has 2 aliphatic rings. The van der Waals surface area contributed by atoms with Crippen molar-refractivity contribution in [3.8, 4) is 11.5 Å². The van der Waals surface area contributed by atoms with Gasteiger partial charge in [-0.1, -0.05) is 43.3 Å². The van der Waals surface area contributed by atoms with E-state index in [1.54, 1.807) is 30.0 Å². The third-order valence-electron chi connectivity index (χ3n) is 6.76. The van der Waals surface area contributed by atoms with Crippen LogP contribution in [0, 0.1) is 0 Å². The standard InChI is InChI=1S/C30H33NO6S/c1-5-38-14-13-36-30(34)27-18(2)31-23-15-22(20-9-7-6-8-10-20)16-24(33)29(23)28(27)21-11-12-25(37-19(3)32)26(17-21)35-4/h6-12,17,22,28,31H,5,13-16H2,1-4H3. The highest BCUT2D eigenvalue weighted by molar-refractivity contribution is 7.99. The molecule has 2 unspecified atom stereocenters. The number of nitrogens with one attached hydrogen (secondary N) is 1. The van der Waals surface area contributed by atoms with Gasteiger partial charge in [0, 0.05) is 42.0 Å². The number of ether oxygens (including phenoxy) is 3. The minimum absolute atomic E-state index is 0.0139. The summed E-state index contributed by atoms with van der Waals surface area (Å²) in [6.07, 6.45) is 0.995. The van der Waals surface area contributed by atoms with Gasteiger partial charge in [-0.15, -0.1) is 0 Å². The van der Waals surface area contributed by atoms with Gasteiger partial charge in [0.2, 0.25) is 0 Å². The highest BCUT2D eigenvalue weighted by Crippen LogP contribution is 2.47. The average Bonchev–Trinajstić information content (AvgIpc) is 2.90. The molecule has 0 fully saturated rings. The predicted molar refractivity (Wildman–Crippen MR) is 147 cm³/mol. The average molecular weight is 536 g/mol. The number of methoxy groups -OCH3 is 1. The Balaban J connectivity index is 1.77. The maximum atomic E-state index is 13.8. The van der Waals surface area contributed by atoms with Gasteiger partial charge in [-0.25, -0.2) is 4.79 Å². The van der Waals surface area contributed by atoms with E-state index in [0.717, 1.165) is 17.0 Å². The van der Waals surface area contributed by atoms with E-state index in [-0.39, 0.29) is 24.1 Å². The molecular formula is C30H33NO6S. The topological polar surface area (TPSA) is 90.9 Å². The predicted octanol–water partition coefficient (Wildman–Crippen LogP) is 5.28. The number of Topliss-reactive ketones (excluding diaryl/α,β-unsaturated/α-hetero) is 1. The van der Waals surface area contributed by atoms with E-state index in [1.165, 1.54) is 14.0 Å². The first-order chi connectivity index (χ1) is 18.3. The molecule has 0 saturated carbocycles. The van der Waals surface area contributed by atoms with Crippen LogP contribution >= 0.6 is 11.8 Å². The van der Waals surface area contributed by atoms with Crippen LogP contribution in [0.2, 0.25) is 0 Å². The van der Waals surface area contributed by atoms with Gasteiger partial charge in [0.05, 0.1) is 12.7 Å². The largest absolute Gasteiger partial charge is 0.493 e. The molecule has 200 valence electrons. The van der Waals surface area contributed by atoms with Gasteiger partial charge in [-0.05, 0) is 48.3 Å². The first-order valence-corrected chi connectivity index (χ1v) is 13.9. The second-order valence-electron chi connectivity index (χ2n) is 9.26. The van der Waals surface area contributed by atoms with Crippen molar-refractivity contribution in [1.29, 1.82) is 0 Å². The van der Waals surface area contributed by atoms with Crippen molar-refractivity contribution in [1.82, 2.24) is 5.32 Å². The van der Waals surface area contributed by atoms with Crippen LogP contribution in [0.25, 0.3) is 0 Å². The summed E-state index contributed by atoms with van der Waals surface area (Å²) in [5.41, 5.74) is 4.25. The molecular weight excluding hydrogens is 502 g/mol. The maximum absolute atomic E-state index is 13.8. The third-order valence-corrected chi connectivity index (χ3v) is 7.62. The van der Waals surface area contributed by atoms with Crippen LogP contribution in [-0.2, 0) is 19.1 Å². The molecule has 0 amide bonds. The van der Waals surface area contributed by atoms with E-state index in [2.05, 4.69) is 12.2 Å². The van der Waals surface area contributed by atoms with Crippen molar-refractivity contribution in [3.05, 3.63) is 82.2 Å². The number of hydrogen-bond donors (Lipinski definition) is 1. The molecule has 8 heteroatoms. The number of thioether (sulfide) groups is 1.